The molecule has 1 unspecified atom stereocenters. The Balaban J connectivity index is 2.93. The van der Waals surface area contributed by atoms with E-state index in [2.05, 4.69) is 4.98 Å². The minimum Gasteiger partial charge on any atom is -0.478 e. The normalized spacial score (nSPS) is 12.7. The highest BCUT2D eigenvalue weighted by molar-refractivity contribution is 7.99. The van der Waals surface area contributed by atoms with Crippen molar-refractivity contribution in [1.29, 1.82) is 0 Å². The minimum absolute atomic E-state index is 0.131. The summed E-state index contributed by atoms with van der Waals surface area (Å²) >= 11 is 1.23. The molecule has 6 heteroatoms. The number of carboxylic acids is 1. The molecule has 0 fully saturated rings. The van der Waals surface area contributed by atoms with Crippen molar-refractivity contribution < 1.29 is 20.1 Å². The molecule has 3 N–H and O–H groups in total. The lowest BCUT2D eigenvalue weighted by atomic mass is 10.1. The van der Waals surface area contributed by atoms with E-state index in [-0.39, 0.29) is 23.8 Å². The van der Waals surface area contributed by atoms with Gasteiger partial charge in [-0.2, -0.15) is 0 Å². The van der Waals surface area contributed by atoms with Crippen LogP contribution in [0.3, 0.4) is 0 Å². The fraction of sp³-hybridized carbons (Fsp3) is 0.500. The molecule has 0 aromatic carbocycles. The predicted molar refractivity (Wildman–Crippen MR) is 69.1 cm³/mol. The summed E-state index contributed by atoms with van der Waals surface area (Å²) in [6, 6.07) is 3.03. The fourth-order valence-corrected chi connectivity index (χ4v) is 2.10. The van der Waals surface area contributed by atoms with Crippen LogP contribution in [-0.4, -0.2) is 44.7 Å². The number of nitrogens with zero attached hydrogens (tertiary/aromatic N) is 1. The molecular weight excluding hydrogens is 254 g/mol. The second-order valence-corrected chi connectivity index (χ2v) is 5.27. The number of aliphatic hydroxyl groups is 2. The summed E-state index contributed by atoms with van der Waals surface area (Å²) in [4.78, 5) is 15.3. The standard InChI is InChI=1S/C12H17NO4S/c1-7(2)10-3-8(12(16)17)4-11(13-10)18-6-9(15)5-14/h3-4,7,9,14-15H,5-6H2,1-2H3,(H,16,17). The molecule has 0 saturated heterocycles. The average molecular weight is 271 g/mol. The highest BCUT2D eigenvalue weighted by Gasteiger charge is 2.12. The van der Waals surface area contributed by atoms with Crippen LogP contribution in [0.4, 0.5) is 0 Å². The molecule has 0 aliphatic carbocycles. The Kier molecular flexibility index (Phi) is 5.58. The average Bonchev–Trinajstić information content (AvgIpc) is 2.35. The predicted octanol–water partition coefficient (Wildman–Crippen LogP) is 1.35. The van der Waals surface area contributed by atoms with E-state index in [0.717, 1.165) is 0 Å². The molecule has 0 bridgehead atoms. The number of aromatic nitrogens is 1. The number of hydrogen-bond acceptors (Lipinski definition) is 5. The fourth-order valence-electron chi connectivity index (χ4n) is 1.25. The molecule has 18 heavy (non-hydrogen) atoms. The van der Waals surface area contributed by atoms with Crippen molar-refractivity contribution in [2.45, 2.75) is 30.9 Å². The maximum Gasteiger partial charge on any atom is 0.335 e. The van der Waals surface area contributed by atoms with Crippen molar-refractivity contribution in [3.05, 3.63) is 23.4 Å². The minimum atomic E-state index is -0.996. The van der Waals surface area contributed by atoms with E-state index < -0.39 is 12.1 Å². The van der Waals surface area contributed by atoms with Gasteiger partial charge in [0.05, 0.1) is 23.3 Å². The quantitative estimate of drug-likeness (QED) is 0.677. The van der Waals surface area contributed by atoms with Crippen LogP contribution in [0, 0.1) is 0 Å². The molecule has 1 aromatic rings. The summed E-state index contributed by atoms with van der Waals surface area (Å²) in [5.41, 5.74) is 0.894. The third-order valence-corrected chi connectivity index (χ3v) is 3.35. The summed E-state index contributed by atoms with van der Waals surface area (Å²) in [6.07, 6.45) is -0.826. The lowest BCUT2D eigenvalue weighted by molar-refractivity contribution is 0.0696. The second kappa shape index (κ2) is 6.72. The number of rotatable bonds is 6. The Bertz CT molecular complexity index is 423. The van der Waals surface area contributed by atoms with Crippen LogP contribution in [0.5, 0.6) is 0 Å². The Morgan fingerprint density at radius 3 is 2.61 bits per heavy atom. The van der Waals surface area contributed by atoms with Crippen molar-refractivity contribution >= 4 is 17.7 Å². The number of thioether (sulfide) groups is 1. The van der Waals surface area contributed by atoms with E-state index in [1.165, 1.54) is 17.8 Å². The van der Waals surface area contributed by atoms with Crippen molar-refractivity contribution in [3.63, 3.8) is 0 Å². The maximum atomic E-state index is 11.0. The van der Waals surface area contributed by atoms with Gasteiger partial charge in [0, 0.05) is 11.4 Å². The van der Waals surface area contributed by atoms with Gasteiger partial charge in [0.2, 0.25) is 0 Å². The van der Waals surface area contributed by atoms with Crippen LogP contribution in [-0.2, 0) is 0 Å². The molecule has 100 valence electrons. The van der Waals surface area contributed by atoms with Crippen LogP contribution >= 0.6 is 11.8 Å². The number of carboxylic acid groups (broad SMARTS) is 1. The van der Waals surface area contributed by atoms with Crippen LogP contribution in [0.15, 0.2) is 17.2 Å². The van der Waals surface area contributed by atoms with Crippen molar-refractivity contribution in [1.82, 2.24) is 4.98 Å². The molecule has 0 radical (unpaired) electrons. The smallest absolute Gasteiger partial charge is 0.335 e. The summed E-state index contributed by atoms with van der Waals surface area (Å²) in [5, 5.41) is 27.5. The van der Waals surface area contributed by atoms with E-state index in [0.29, 0.717) is 10.7 Å². The van der Waals surface area contributed by atoms with Crippen LogP contribution in [0.2, 0.25) is 0 Å². The first-order valence-electron chi connectivity index (χ1n) is 5.61. The van der Waals surface area contributed by atoms with Gasteiger partial charge in [0.1, 0.15) is 0 Å². The van der Waals surface area contributed by atoms with Crippen LogP contribution in [0.1, 0.15) is 35.8 Å². The molecule has 0 aliphatic rings. The molecule has 1 rings (SSSR count). The van der Waals surface area contributed by atoms with Gasteiger partial charge < -0.3 is 15.3 Å². The zero-order chi connectivity index (χ0) is 13.7. The van der Waals surface area contributed by atoms with Crippen molar-refractivity contribution in [2.75, 3.05) is 12.4 Å². The molecule has 0 amide bonds. The molecular formula is C12H17NO4S. The highest BCUT2D eigenvalue weighted by Crippen LogP contribution is 2.22. The number of hydrogen-bond donors (Lipinski definition) is 3. The van der Waals surface area contributed by atoms with Crippen molar-refractivity contribution in [2.24, 2.45) is 0 Å². The van der Waals surface area contributed by atoms with Crippen LogP contribution < -0.4 is 0 Å². The lowest BCUT2D eigenvalue weighted by Crippen LogP contribution is -2.15. The number of pyridine rings is 1. The van der Waals surface area contributed by atoms with Crippen LogP contribution in [0.25, 0.3) is 0 Å². The van der Waals surface area contributed by atoms with Gasteiger partial charge in [0.25, 0.3) is 0 Å². The Labute approximate surface area is 110 Å². The van der Waals surface area contributed by atoms with E-state index in [1.54, 1.807) is 6.07 Å². The molecule has 0 aliphatic heterocycles. The first-order valence-corrected chi connectivity index (χ1v) is 6.59. The largest absolute Gasteiger partial charge is 0.478 e. The number of aromatic carboxylic acids is 1. The van der Waals surface area contributed by atoms with Gasteiger partial charge in [-0.25, -0.2) is 9.78 Å². The second-order valence-electron chi connectivity index (χ2n) is 4.23. The number of carbonyl (C=O) groups is 1. The van der Waals surface area contributed by atoms with Gasteiger partial charge in [-0.15, -0.1) is 11.8 Å². The molecule has 0 saturated carbocycles. The topological polar surface area (TPSA) is 90.7 Å². The van der Waals surface area contributed by atoms with E-state index in [9.17, 15) is 9.90 Å². The van der Waals surface area contributed by atoms with Gasteiger partial charge in [-0.3, -0.25) is 0 Å². The zero-order valence-corrected chi connectivity index (χ0v) is 11.1. The van der Waals surface area contributed by atoms with E-state index in [4.69, 9.17) is 10.2 Å². The third kappa shape index (κ3) is 4.29. The monoisotopic (exact) mass is 271 g/mol. The van der Waals surface area contributed by atoms with E-state index in [1.807, 2.05) is 13.8 Å². The first kappa shape index (κ1) is 14.9. The SMILES string of the molecule is CC(C)c1cc(C(=O)O)cc(SCC(O)CO)n1. The van der Waals surface area contributed by atoms with Crippen molar-refractivity contribution in [3.8, 4) is 0 Å². The highest BCUT2D eigenvalue weighted by atomic mass is 32.2. The molecule has 5 nitrogen and oxygen atoms in total. The molecule has 0 spiro atoms. The molecule has 1 aromatic heterocycles. The van der Waals surface area contributed by atoms with E-state index >= 15 is 0 Å². The molecule has 1 atom stereocenters. The summed E-state index contributed by atoms with van der Waals surface area (Å²) in [7, 11) is 0. The Morgan fingerprint density at radius 2 is 2.11 bits per heavy atom. The Hall–Kier alpha value is -1.11. The number of aliphatic hydroxyl groups excluding tert-OH is 2. The first-order chi connectivity index (χ1) is 8.43. The van der Waals surface area contributed by atoms with Gasteiger partial charge in [0.15, 0.2) is 0 Å². The summed E-state index contributed by atoms with van der Waals surface area (Å²) in [5.74, 6) is -0.584. The van der Waals surface area contributed by atoms with Gasteiger partial charge in [-0.1, -0.05) is 13.8 Å². The lowest BCUT2D eigenvalue weighted by Gasteiger charge is -2.10. The van der Waals surface area contributed by atoms with Gasteiger partial charge >= 0.3 is 5.97 Å². The summed E-state index contributed by atoms with van der Waals surface area (Å²) in [6.45, 7) is 3.55. The maximum absolute atomic E-state index is 11.0. The zero-order valence-electron chi connectivity index (χ0n) is 10.3. The van der Waals surface area contributed by atoms with Gasteiger partial charge in [-0.05, 0) is 18.1 Å². The summed E-state index contributed by atoms with van der Waals surface area (Å²) < 4.78 is 0. The molecule has 1 heterocycles. The Morgan fingerprint density at radius 1 is 1.44 bits per heavy atom. The third-order valence-electron chi connectivity index (χ3n) is 2.29.